The number of hydrogen-bond acceptors (Lipinski definition) is 3. The number of rotatable bonds is 4. The molecule has 5 heteroatoms. The molecule has 0 fully saturated rings. The standard InChI is InChI=1S/C16H20Cl2N2S/c1-16(2,3)14-9-21-15(20-14)8-10(19)7-11-12(17)5-4-6-13(11)18/h4-6,9-10H,7-8,19H2,1-3H3. The average molecular weight is 343 g/mol. The molecule has 1 atom stereocenters. The van der Waals surface area contributed by atoms with Crippen LogP contribution >= 0.6 is 34.5 Å². The van der Waals surface area contributed by atoms with Crippen molar-refractivity contribution >= 4 is 34.5 Å². The lowest BCUT2D eigenvalue weighted by atomic mass is 9.93. The summed E-state index contributed by atoms with van der Waals surface area (Å²) in [5, 5.41) is 4.53. The molecule has 0 aliphatic rings. The molecule has 2 aromatic rings. The third-order valence-electron chi connectivity index (χ3n) is 3.28. The third kappa shape index (κ3) is 4.43. The second kappa shape index (κ2) is 6.66. The van der Waals surface area contributed by atoms with Gasteiger partial charge in [-0.15, -0.1) is 11.3 Å². The van der Waals surface area contributed by atoms with Crippen molar-refractivity contribution in [3.05, 3.63) is 49.9 Å². The summed E-state index contributed by atoms with van der Waals surface area (Å²) in [6, 6.07) is 5.49. The van der Waals surface area contributed by atoms with Gasteiger partial charge in [-0.05, 0) is 24.1 Å². The van der Waals surface area contributed by atoms with Crippen molar-refractivity contribution in [2.45, 2.75) is 45.1 Å². The molecule has 0 bridgehead atoms. The van der Waals surface area contributed by atoms with Crippen LogP contribution in [0, 0.1) is 0 Å². The molecule has 0 amide bonds. The molecule has 1 aromatic heterocycles. The van der Waals surface area contributed by atoms with Gasteiger partial charge in [0.05, 0.1) is 10.7 Å². The van der Waals surface area contributed by atoms with Crippen LogP contribution in [0.3, 0.4) is 0 Å². The molecule has 0 radical (unpaired) electrons. The van der Waals surface area contributed by atoms with Crippen LogP contribution in [-0.4, -0.2) is 11.0 Å². The Morgan fingerprint density at radius 1 is 1.19 bits per heavy atom. The summed E-state index contributed by atoms with van der Waals surface area (Å²) in [6.07, 6.45) is 1.39. The predicted octanol–water partition coefficient (Wildman–Crippen LogP) is 4.86. The van der Waals surface area contributed by atoms with Gasteiger partial charge < -0.3 is 5.73 Å². The highest BCUT2D eigenvalue weighted by molar-refractivity contribution is 7.09. The van der Waals surface area contributed by atoms with Crippen LogP contribution in [0.2, 0.25) is 10.0 Å². The number of hydrogen-bond donors (Lipinski definition) is 1. The Hall–Kier alpha value is -0.610. The molecule has 0 aliphatic heterocycles. The predicted molar refractivity (Wildman–Crippen MR) is 92.7 cm³/mol. The van der Waals surface area contributed by atoms with Gasteiger partial charge in [-0.2, -0.15) is 0 Å². The zero-order valence-corrected chi connectivity index (χ0v) is 14.8. The van der Waals surface area contributed by atoms with Crippen LogP contribution in [0.1, 0.15) is 37.0 Å². The minimum atomic E-state index is -0.0404. The monoisotopic (exact) mass is 342 g/mol. The van der Waals surface area contributed by atoms with Crippen molar-refractivity contribution in [3.63, 3.8) is 0 Å². The molecule has 1 heterocycles. The molecule has 21 heavy (non-hydrogen) atoms. The van der Waals surface area contributed by atoms with Crippen LogP contribution in [0.4, 0.5) is 0 Å². The number of nitrogens with two attached hydrogens (primary N) is 1. The quantitative estimate of drug-likeness (QED) is 0.861. The first-order valence-electron chi connectivity index (χ1n) is 6.90. The van der Waals surface area contributed by atoms with Crippen LogP contribution in [0.5, 0.6) is 0 Å². The number of aromatic nitrogens is 1. The Balaban J connectivity index is 2.05. The van der Waals surface area contributed by atoms with Gasteiger partial charge >= 0.3 is 0 Å². The minimum Gasteiger partial charge on any atom is -0.327 e. The van der Waals surface area contributed by atoms with Crippen LogP contribution in [-0.2, 0) is 18.3 Å². The first-order chi connectivity index (χ1) is 9.77. The first kappa shape index (κ1) is 16.8. The highest BCUT2D eigenvalue weighted by Crippen LogP contribution is 2.27. The maximum absolute atomic E-state index is 6.24. The summed E-state index contributed by atoms with van der Waals surface area (Å²) in [7, 11) is 0. The fourth-order valence-corrected chi connectivity index (χ4v) is 3.70. The lowest BCUT2D eigenvalue weighted by molar-refractivity contribution is 0.567. The van der Waals surface area contributed by atoms with Crippen molar-refractivity contribution in [2.24, 2.45) is 5.73 Å². The van der Waals surface area contributed by atoms with E-state index in [0.29, 0.717) is 16.5 Å². The van der Waals surface area contributed by atoms with Gasteiger partial charge in [0, 0.05) is 33.3 Å². The molecule has 1 unspecified atom stereocenters. The second-order valence-corrected chi connectivity index (χ2v) is 8.00. The van der Waals surface area contributed by atoms with Gasteiger partial charge in [-0.1, -0.05) is 50.0 Å². The van der Waals surface area contributed by atoms with Crippen molar-refractivity contribution < 1.29 is 0 Å². The lowest BCUT2D eigenvalue weighted by Gasteiger charge is -2.15. The van der Waals surface area contributed by atoms with Gasteiger partial charge in [0.15, 0.2) is 0 Å². The highest BCUT2D eigenvalue weighted by Gasteiger charge is 2.19. The summed E-state index contributed by atoms with van der Waals surface area (Å²) in [6.45, 7) is 6.49. The van der Waals surface area contributed by atoms with Crippen LogP contribution < -0.4 is 5.73 Å². The van der Waals surface area contributed by atoms with Gasteiger partial charge in [-0.3, -0.25) is 0 Å². The molecule has 1 aromatic carbocycles. The molecule has 0 saturated carbocycles. The van der Waals surface area contributed by atoms with E-state index in [9.17, 15) is 0 Å². The van der Waals surface area contributed by atoms with E-state index in [2.05, 4.69) is 31.1 Å². The lowest BCUT2D eigenvalue weighted by Crippen LogP contribution is -2.26. The summed E-state index contributed by atoms with van der Waals surface area (Å²) >= 11 is 14.0. The van der Waals surface area contributed by atoms with E-state index in [-0.39, 0.29) is 11.5 Å². The fraction of sp³-hybridized carbons (Fsp3) is 0.438. The largest absolute Gasteiger partial charge is 0.327 e. The van der Waals surface area contributed by atoms with E-state index in [0.717, 1.165) is 22.7 Å². The zero-order valence-electron chi connectivity index (χ0n) is 12.5. The molecule has 2 nitrogen and oxygen atoms in total. The van der Waals surface area contributed by atoms with Crippen LogP contribution in [0.25, 0.3) is 0 Å². The molecule has 2 N–H and O–H groups in total. The summed E-state index contributed by atoms with van der Waals surface area (Å²) in [5.41, 5.74) is 8.35. The van der Waals surface area contributed by atoms with E-state index in [1.54, 1.807) is 11.3 Å². The molecular weight excluding hydrogens is 323 g/mol. The average Bonchev–Trinajstić information content (AvgIpc) is 2.82. The Labute approximate surface area is 140 Å². The van der Waals surface area contributed by atoms with Gasteiger partial charge in [0.1, 0.15) is 0 Å². The van der Waals surface area contributed by atoms with E-state index < -0.39 is 0 Å². The van der Waals surface area contributed by atoms with Crippen LogP contribution in [0.15, 0.2) is 23.6 Å². The van der Waals surface area contributed by atoms with Crippen molar-refractivity contribution in [1.82, 2.24) is 4.98 Å². The van der Waals surface area contributed by atoms with Gasteiger partial charge in [0.25, 0.3) is 0 Å². The highest BCUT2D eigenvalue weighted by atomic mass is 35.5. The van der Waals surface area contributed by atoms with E-state index in [1.807, 2.05) is 18.2 Å². The topological polar surface area (TPSA) is 38.9 Å². The number of thiazole rings is 1. The summed E-state index contributed by atoms with van der Waals surface area (Å²) in [4.78, 5) is 4.68. The van der Waals surface area contributed by atoms with E-state index >= 15 is 0 Å². The Morgan fingerprint density at radius 2 is 1.81 bits per heavy atom. The van der Waals surface area contributed by atoms with Crippen molar-refractivity contribution in [2.75, 3.05) is 0 Å². The zero-order chi connectivity index (χ0) is 15.6. The number of halogens is 2. The van der Waals surface area contributed by atoms with E-state index in [1.165, 1.54) is 0 Å². The minimum absolute atomic E-state index is 0.0404. The van der Waals surface area contributed by atoms with Gasteiger partial charge in [-0.25, -0.2) is 4.98 Å². The van der Waals surface area contributed by atoms with E-state index in [4.69, 9.17) is 28.9 Å². The molecule has 2 rings (SSSR count). The maximum Gasteiger partial charge on any atom is 0.0944 e. The van der Waals surface area contributed by atoms with Gasteiger partial charge in [0.2, 0.25) is 0 Å². The first-order valence-corrected chi connectivity index (χ1v) is 8.54. The molecule has 0 saturated heterocycles. The normalized spacial score (nSPS) is 13.4. The van der Waals surface area contributed by atoms with Crippen molar-refractivity contribution in [3.8, 4) is 0 Å². The SMILES string of the molecule is CC(C)(C)c1csc(CC(N)Cc2c(Cl)cccc2Cl)n1. The number of benzene rings is 1. The Bertz CT molecular complexity index is 597. The fourth-order valence-electron chi connectivity index (χ4n) is 2.04. The maximum atomic E-state index is 6.24. The smallest absolute Gasteiger partial charge is 0.0944 e. The molecule has 114 valence electrons. The number of nitrogens with zero attached hydrogens (tertiary/aromatic N) is 1. The van der Waals surface area contributed by atoms with Crippen molar-refractivity contribution in [1.29, 1.82) is 0 Å². The summed E-state index contributed by atoms with van der Waals surface area (Å²) < 4.78 is 0. The Kier molecular flexibility index (Phi) is 5.31. The second-order valence-electron chi connectivity index (χ2n) is 6.25. The summed E-state index contributed by atoms with van der Waals surface area (Å²) in [5.74, 6) is 0. The Morgan fingerprint density at radius 3 is 2.33 bits per heavy atom. The molecule has 0 aliphatic carbocycles. The molecule has 0 spiro atoms. The third-order valence-corrected chi connectivity index (χ3v) is 4.86. The molecular formula is C16H20Cl2N2S.